The summed E-state index contributed by atoms with van der Waals surface area (Å²) in [7, 11) is 0. The molecule has 3 fully saturated rings. The van der Waals surface area contributed by atoms with Crippen LogP contribution in [0.25, 0.3) is 0 Å². The van der Waals surface area contributed by atoms with Crippen molar-refractivity contribution < 1.29 is 12.9 Å². The molecular weight excluding hydrogens is 236 g/mol. The Morgan fingerprint density at radius 3 is 1.89 bits per heavy atom. The Bertz CT molecular complexity index is 511. The van der Waals surface area contributed by atoms with Gasteiger partial charge in [0.05, 0.1) is 0 Å². The summed E-state index contributed by atoms with van der Waals surface area (Å²) >= 11 is 0. The highest BCUT2D eigenvalue weighted by Crippen LogP contribution is 2.82. The first-order chi connectivity index (χ1) is 8.19. The zero-order valence-corrected chi connectivity index (χ0v) is 11.0. The Hall–Kier alpha value is -0.925. The van der Waals surface area contributed by atoms with E-state index in [2.05, 4.69) is 19.1 Å². The summed E-state index contributed by atoms with van der Waals surface area (Å²) in [6, 6.07) is 4.22. The molecule has 0 unspecified atom stereocenters. The highest BCUT2D eigenvalue weighted by Gasteiger charge is 2.74. The van der Waals surface area contributed by atoms with Crippen molar-refractivity contribution in [3.8, 4) is 0 Å². The fourth-order valence-electron chi connectivity index (χ4n) is 4.03. The number of halogens is 3. The van der Waals surface area contributed by atoms with Crippen LogP contribution in [0.2, 0.25) is 5.31 Å². The van der Waals surface area contributed by atoms with Gasteiger partial charge in [-0.25, -0.2) is 0 Å². The van der Waals surface area contributed by atoms with Gasteiger partial charge in [-0.1, -0.05) is 36.7 Å². The lowest BCUT2D eigenvalue weighted by Gasteiger charge is -2.76. The average molecular weight is 253 g/mol. The van der Waals surface area contributed by atoms with Crippen molar-refractivity contribution in [2.24, 2.45) is 0 Å². The summed E-state index contributed by atoms with van der Waals surface area (Å²) in [6.07, 6.45) is 0.979. The molecule has 4 rings (SSSR count). The second kappa shape index (κ2) is 3.15. The molecule has 4 heteroatoms. The molecule has 3 aliphatic carbocycles. The van der Waals surface area contributed by atoms with Gasteiger partial charge in [-0.3, -0.25) is 0 Å². The van der Waals surface area contributed by atoms with E-state index in [4.69, 9.17) is 0 Å². The third-order valence-corrected chi connectivity index (χ3v) is 5.18. The van der Waals surface area contributed by atoms with Gasteiger partial charge in [0.1, 0.15) is 0 Å². The van der Waals surface area contributed by atoms with Crippen LogP contribution in [-0.2, 0) is 5.41 Å². The molecule has 98 valence electrons. The van der Waals surface area contributed by atoms with Gasteiger partial charge in [-0.2, -0.15) is 0 Å². The van der Waals surface area contributed by atoms with Gasteiger partial charge in [0.2, 0.25) is 0 Å². The van der Waals surface area contributed by atoms with Crippen LogP contribution in [0.15, 0.2) is 12.1 Å². The first-order valence-corrected chi connectivity index (χ1v) is 6.47. The van der Waals surface area contributed by atoms with E-state index >= 15 is 0 Å². The third-order valence-electron chi connectivity index (χ3n) is 5.18. The Morgan fingerprint density at radius 1 is 0.889 bits per heavy atom. The summed E-state index contributed by atoms with van der Waals surface area (Å²) < 4.78 is 38.7. The third kappa shape index (κ3) is 1.29. The molecule has 3 saturated carbocycles. The van der Waals surface area contributed by atoms with Crippen LogP contribution in [-0.4, -0.2) is 6.98 Å². The van der Waals surface area contributed by atoms with Crippen molar-refractivity contribution >= 4 is 6.98 Å². The number of hydrogen-bond acceptors (Lipinski definition) is 0. The molecule has 0 atom stereocenters. The summed E-state index contributed by atoms with van der Waals surface area (Å²) in [5.41, 5.74) is 4.57. The highest BCUT2D eigenvalue weighted by molar-refractivity contribution is 6.63. The van der Waals surface area contributed by atoms with Gasteiger partial charge in [-0.15, -0.1) is 0 Å². The Morgan fingerprint density at radius 2 is 1.39 bits per heavy atom. The van der Waals surface area contributed by atoms with E-state index in [9.17, 15) is 12.9 Å². The molecule has 0 heterocycles. The molecule has 2 bridgehead atoms. The molecule has 0 nitrogen and oxygen atoms in total. The predicted octanol–water partition coefficient (Wildman–Crippen LogP) is 4.63. The molecule has 0 saturated heterocycles. The van der Waals surface area contributed by atoms with Crippen LogP contribution >= 0.6 is 0 Å². The molecule has 0 aromatic heterocycles. The fourth-order valence-corrected chi connectivity index (χ4v) is 4.03. The molecule has 18 heavy (non-hydrogen) atoms. The van der Waals surface area contributed by atoms with Crippen LogP contribution in [0.4, 0.5) is 12.9 Å². The first-order valence-electron chi connectivity index (χ1n) is 6.47. The number of benzene rings is 1. The van der Waals surface area contributed by atoms with E-state index in [1.54, 1.807) is 0 Å². The predicted molar refractivity (Wildman–Crippen MR) is 68.0 cm³/mol. The van der Waals surface area contributed by atoms with E-state index in [0.29, 0.717) is 19.3 Å². The van der Waals surface area contributed by atoms with Crippen molar-refractivity contribution in [2.45, 2.75) is 50.8 Å². The second-order valence-corrected chi connectivity index (χ2v) is 6.50. The minimum Gasteiger partial charge on any atom is -0.449 e. The van der Waals surface area contributed by atoms with Crippen LogP contribution in [0.3, 0.4) is 0 Å². The Labute approximate surface area is 106 Å². The number of aryl methyl sites for hydroxylation is 3. The van der Waals surface area contributed by atoms with Crippen LogP contribution in [0, 0.1) is 20.8 Å². The summed E-state index contributed by atoms with van der Waals surface area (Å²) in [5, 5.41) is -1.29. The fraction of sp³-hybridized carbons (Fsp3) is 0.571. The normalized spacial score (nSPS) is 33.9. The van der Waals surface area contributed by atoms with Crippen LogP contribution in [0.5, 0.6) is 0 Å². The maximum atomic E-state index is 12.9. The Kier molecular flexibility index (Phi) is 2.12. The van der Waals surface area contributed by atoms with Crippen molar-refractivity contribution in [2.75, 3.05) is 0 Å². The minimum atomic E-state index is -4.66. The van der Waals surface area contributed by atoms with Gasteiger partial charge in [-0.05, 0) is 48.4 Å². The van der Waals surface area contributed by atoms with E-state index < -0.39 is 12.3 Å². The zero-order chi connectivity index (χ0) is 13.3. The minimum absolute atomic E-state index is 0.153. The monoisotopic (exact) mass is 253 g/mol. The maximum Gasteiger partial charge on any atom is 0.484 e. The van der Waals surface area contributed by atoms with Crippen molar-refractivity contribution in [1.29, 1.82) is 0 Å². The van der Waals surface area contributed by atoms with Crippen LogP contribution < -0.4 is 0 Å². The maximum absolute atomic E-state index is 12.9. The van der Waals surface area contributed by atoms with Gasteiger partial charge in [0, 0.05) is 0 Å². The SMILES string of the molecule is Cc1cc(C)c(C23CC([B-](F)(F)F)(C2)C3)cc1C. The van der Waals surface area contributed by atoms with Gasteiger partial charge >= 0.3 is 6.98 Å². The van der Waals surface area contributed by atoms with Crippen molar-refractivity contribution in [1.82, 2.24) is 0 Å². The molecule has 0 radical (unpaired) electrons. The smallest absolute Gasteiger partial charge is 0.449 e. The van der Waals surface area contributed by atoms with Gasteiger partial charge in [0.15, 0.2) is 0 Å². The van der Waals surface area contributed by atoms with Gasteiger partial charge < -0.3 is 12.9 Å². The largest absolute Gasteiger partial charge is 0.484 e. The van der Waals surface area contributed by atoms with Crippen LogP contribution in [0.1, 0.15) is 41.5 Å². The summed E-state index contributed by atoms with van der Waals surface area (Å²) in [4.78, 5) is 0. The molecule has 0 amide bonds. The first kappa shape index (κ1) is 12.1. The van der Waals surface area contributed by atoms with Crippen molar-refractivity contribution in [3.63, 3.8) is 0 Å². The average Bonchev–Trinajstić information content (AvgIpc) is 2.06. The zero-order valence-electron chi connectivity index (χ0n) is 11.0. The lowest BCUT2D eigenvalue weighted by Crippen LogP contribution is -2.67. The molecule has 1 aromatic rings. The standard InChI is InChI=1S/C14H17BF3/c1-9-4-11(3)12(5-10(9)2)13-6-14(7-13,8-13)15(16,17)18/h4-5H,6-8H2,1-3H3/q-1. The lowest BCUT2D eigenvalue weighted by atomic mass is 9.23. The molecule has 0 aliphatic heterocycles. The quantitative estimate of drug-likeness (QED) is 0.674. The van der Waals surface area contributed by atoms with Gasteiger partial charge in [0.25, 0.3) is 0 Å². The van der Waals surface area contributed by atoms with Crippen molar-refractivity contribution in [3.05, 3.63) is 34.4 Å². The molecule has 1 aromatic carbocycles. The molecule has 0 spiro atoms. The summed E-state index contributed by atoms with van der Waals surface area (Å²) in [6.45, 7) is 1.45. The Balaban J connectivity index is 1.91. The van der Waals surface area contributed by atoms with E-state index in [-0.39, 0.29) is 5.41 Å². The topological polar surface area (TPSA) is 0 Å². The molecule has 3 aliphatic rings. The molecule has 0 N–H and O–H groups in total. The highest BCUT2D eigenvalue weighted by atomic mass is 19.4. The number of hydrogen-bond donors (Lipinski definition) is 0. The van der Waals surface area contributed by atoms with E-state index in [1.807, 2.05) is 13.8 Å². The summed E-state index contributed by atoms with van der Waals surface area (Å²) in [5.74, 6) is 0. The van der Waals surface area contributed by atoms with E-state index in [0.717, 1.165) is 11.1 Å². The lowest BCUT2D eigenvalue weighted by molar-refractivity contribution is -0.0405. The second-order valence-electron chi connectivity index (χ2n) is 6.50. The number of rotatable bonds is 2. The van der Waals surface area contributed by atoms with E-state index in [1.165, 1.54) is 11.1 Å². The molecular formula is C14H17BF3-.